The van der Waals surface area contributed by atoms with Crippen molar-refractivity contribution < 1.29 is 13.2 Å². The van der Waals surface area contributed by atoms with Gasteiger partial charge >= 0.3 is 5.56 Å². The minimum atomic E-state index is -3.54. The van der Waals surface area contributed by atoms with Crippen molar-refractivity contribution in [2.75, 3.05) is 42.8 Å². The summed E-state index contributed by atoms with van der Waals surface area (Å²) in [6, 6.07) is 14.4. The van der Waals surface area contributed by atoms with Crippen LogP contribution in [-0.4, -0.2) is 60.4 Å². The molecule has 0 amide bonds. The molecule has 2 aliphatic rings. The molecule has 2 aromatic carbocycles. The first-order chi connectivity index (χ1) is 18.2. The summed E-state index contributed by atoms with van der Waals surface area (Å²) in [5, 5.41) is 5.01. The Morgan fingerprint density at radius 2 is 1.74 bits per heavy atom. The molecule has 12 heteroatoms. The Bertz CT molecular complexity index is 1470. The van der Waals surface area contributed by atoms with Crippen molar-refractivity contribution in [1.82, 2.24) is 14.1 Å². The van der Waals surface area contributed by atoms with Gasteiger partial charge < -0.3 is 9.64 Å². The van der Waals surface area contributed by atoms with Crippen LogP contribution >= 0.6 is 35.0 Å². The maximum atomic E-state index is 13.5. The van der Waals surface area contributed by atoms with Crippen LogP contribution in [0.25, 0.3) is 5.69 Å². The highest BCUT2D eigenvalue weighted by molar-refractivity contribution is 8.11. The van der Waals surface area contributed by atoms with E-state index in [0.29, 0.717) is 46.0 Å². The Kier molecular flexibility index (Phi) is 7.98. The predicted molar refractivity (Wildman–Crippen MR) is 153 cm³/mol. The van der Waals surface area contributed by atoms with Gasteiger partial charge in [-0.1, -0.05) is 54.4 Å². The number of nitrogens with zero attached hydrogens (tertiary/aromatic N) is 4. The number of benzene rings is 2. The number of aromatic nitrogens is 2. The molecule has 0 atom stereocenters. The van der Waals surface area contributed by atoms with Crippen molar-refractivity contribution in [3.05, 3.63) is 75.1 Å². The molecule has 38 heavy (non-hydrogen) atoms. The van der Waals surface area contributed by atoms with E-state index in [-0.39, 0.29) is 34.9 Å². The molecule has 5 rings (SSSR count). The smallest absolute Gasteiger partial charge is 0.316 e. The Morgan fingerprint density at radius 3 is 2.42 bits per heavy atom. The summed E-state index contributed by atoms with van der Waals surface area (Å²) in [4.78, 5) is 16.1. The first-order valence-electron chi connectivity index (χ1n) is 12.3. The average Bonchev–Trinajstić information content (AvgIpc) is 3.66. The Balaban J connectivity index is 1.31. The summed E-state index contributed by atoms with van der Waals surface area (Å²) in [5.41, 5.74) is 0.993. The quantitative estimate of drug-likeness (QED) is 0.325. The van der Waals surface area contributed by atoms with Crippen LogP contribution in [0.4, 0.5) is 5.69 Å². The number of ether oxygens (including phenoxy) is 1. The van der Waals surface area contributed by atoms with Crippen LogP contribution in [0.1, 0.15) is 19.8 Å². The number of hydrogen-bond donors (Lipinski definition) is 0. The number of halogens is 2. The van der Waals surface area contributed by atoms with Crippen molar-refractivity contribution in [1.29, 1.82) is 0 Å². The number of rotatable bonds is 9. The first-order valence-corrected chi connectivity index (χ1v) is 15.6. The van der Waals surface area contributed by atoms with Gasteiger partial charge in [0.2, 0.25) is 15.8 Å². The van der Waals surface area contributed by atoms with Crippen LogP contribution in [-0.2, 0) is 10.0 Å². The number of hydrogen-bond acceptors (Lipinski definition) is 7. The molecule has 1 saturated carbocycles. The van der Waals surface area contributed by atoms with Gasteiger partial charge in [0.15, 0.2) is 0 Å². The molecule has 2 heterocycles. The molecular weight excluding hydrogens is 567 g/mol. The number of anilines is 1. The molecule has 0 bridgehead atoms. The van der Waals surface area contributed by atoms with Gasteiger partial charge in [0.05, 0.1) is 28.5 Å². The topological polar surface area (TPSA) is 84.7 Å². The molecule has 1 aliphatic heterocycles. The molecule has 0 unspecified atom stereocenters. The van der Waals surface area contributed by atoms with Crippen LogP contribution in [0, 0.1) is 5.41 Å². The Morgan fingerprint density at radius 1 is 1.03 bits per heavy atom. The molecule has 202 valence electrons. The normalized spacial score (nSPS) is 17.4. The van der Waals surface area contributed by atoms with Crippen molar-refractivity contribution >= 4 is 50.7 Å². The van der Waals surface area contributed by atoms with Crippen molar-refractivity contribution in [2.45, 2.75) is 24.7 Å². The van der Waals surface area contributed by atoms with Gasteiger partial charge in [0.25, 0.3) is 0 Å². The van der Waals surface area contributed by atoms with Crippen LogP contribution in [0.5, 0.6) is 5.75 Å². The lowest BCUT2D eigenvalue weighted by atomic mass is 10.2. The third-order valence-corrected chi connectivity index (χ3v) is 11.2. The van der Waals surface area contributed by atoms with Crippen LogP contribution in [0.15, 0.2) is 64.4 Å². The minimum absolute atomic E-state index is 0.0842. The maximum Gasteiger partial charge on any atom is 0.316 e. The standard InChI is InChI=1S/C26H28Cl2N4O4S2/c1-26(10-11-26)17-36-24-21(16-29-32(25(24)33)19-6-3-2-4-7-19)30-12-14-31(15-13-30)38(34,35)18-37-22-9-5-8-20(27)23(22)28/h2-9,16H,10-15,17-18H2,1H3. The van der Waals surface area contributed by atoms with E-state index in [1.807, 2.05) is 35.2 Å². The Labute approximate surface area is 236 Å². The third-order valence-electron chi connectivity index (χ3n) is 6.84. The molecule has 0 radical (unpaired) electrons. The van der Waals surface area contributed by atoms with Gasteiger partial charge in [-0.2, -0.15) is 14.1 Å². The summed E-state index contributed by atoms with van der Waals surface area (Å²) < 4.78 is 35.1. The fraction of sp³-hybridized carbons (Fsp3) is 0.385. The maximum absolute atomic E-state index is 13.5. The zero-order valence-corrected chi connectivity index (χ0v) is 24.0. The fourth-order valence-corrected chi connectivity index (χ4v) is 7.51. The molecule has 1 saturated heterocycles. The molecular formula is C26H28Cl2N4O4S2. The average molecular weight is 596 g/mol. The molecule has 3 aromatic rings. The highest BCUT2D eigenvalue weighted by atomic mass is 35.5. The van der Waals surface area contributed by atoms with Crippen molar-refractivity contribution in [2.24, 2.45) is 5.41 Å². The Hall–Kier alpha value is -2.24. The van der Waals surface area contributed by atoms with Crippen LogP contribution < -0.4 is 15.2 Å². The highest BCUT2D eigenvalue weighted by Gasteiger charge is 2.39. The number of sulfonamides is 1. The number of thioether (sulfide) groups is 1. The van der Waals surface area contributed by atoms with E-state index in [2.05, 4.69) is 12.0 Å². The van der Waals surface area contributed by atoms with Crippen LogP contribution in [0.2, 0.25) is 10.0 Å². The minimum Gasteiger partial charge on any atom is -0.486 e. The highest BCUT2D eigenvalue weighted by Crippen LogP contribution is 2.45. The SMILES string of the molecule is CC1(COc2c(N3CCN(S(=O)(=O)CSc4cccc(Cl)c4Cl)CC3)cnn(-c3ccccc3)c2=O)CC1. The van der Waals surface area contributed by atoms with Gasteiger partial charge in [0.1, 0.15) is 10.8 Å². The van der Waals surface area contributed by atoms with E-state index in [1.54, 1.807) is 24.4 Å². The molecule has 1 aromatic heterocycles. The van der Waals surface area contributed by atoms with E-state index in [1.165, 1.54) is 8.99 Å². The molecule has 0 N–H and O–H groups in total. The van der Waals surface area contributed by atoms with Gasteiger partial charge in [-0.05, 0) is 37.1 Å². The largest absolute Gasteiger partial charge is 0.486 e. The van der Waals surface area contributed by atoms with Gasteiger partial charge in [0, 0.05) is 36.5 Å². The summed E-state index contributed by atoms with van der Waals surface area (Å²) in [6.07, 6.45) is 3.77. The summed E-state index contributed by atoms with van der Waals surface area (Å²) in [7, 11) is -3.54. The second-order valence-electron chi connectivity index (χ2n) is 9.82. The number of para-hydroxylation sites is 1. The molecule has 8 nitrogen and oxygen atoms in total. The number of piperazine rings is 1. The van der Waals surface area contributed by atoms with Gasteiger partial charge in [-0.15, -0.1) is 11.8 Å². The molecule has 2 fully saturated rings. The van der Waals surface area contributed by atoms with E-state index < -0.39 is 10.0 Å². The zero-order chi connectivity index (χ0) is 26.9. The van der Waals surface area contributed by atoms with E-state index in [4.69, 9.17) is 27.9 Å². The van der Waals surface area contributed by atoms with Crippen LogP contribution in [0.3, 0.4) is 0 Å². The van der Waals surface area contributed by atoms with Crippen molar-refractivity contribution in [3.63, 3.8) is 0 Å². The predicted octanol–water partition coefficient (Wildman–Crippen LogP) is 4.92. The lowest BCUT2D eigenvalue weighted by Gasteiger charge is -2.35. The summed E-state index contributed by atoms with van der Waals surface area (Å²) >= 11 is 13.4. The van der Waals surface area contributed by atoms with E-state index in [0.717, 1.165) is 24.6 Å². The zero-order valence-electron chi connectivity index (χ0n) is 20.8. The third kappa shape index (κ3) is 5.99. The second kappa shape index (κ2) is 11.1. The fourth-order valence-electron chi connectivity index (χ4n) is 4.16. The van der Waals surface area contributed by atoms with E-state index in [9.17, 15) is 13.2 Å². The van der Waals surface area contributed by atoms with Gasteiger partial charge in [-0.25, -0.2) is 8.42 Å². The first kappa shape index (κ1) is 27.3. The summed E-state index contributed by atoms with van der Waals surface area (Å²) in [6.45, 7) is 3.97. The summed E-state index contributed by atoms with van der Waals surface area (Å²) in [5.74, 6) is 0.249. The van der Waals surface area contributed by atoms with E-state index >= 15 is 0 Å². The lowest BCUT2D eigenvalue weighted by Crippen LogP contribution is -2.49. The molecule has 1 aliphatic carbocycles. The monoisotopic (exact) mass is 594 g/mol. The van der Waals surface area contributed by atoms with Crippen molar-refractivity contribution in [3.8, 4) is 11.4 Å². The lowest BCUT2D eigenvalue weighted by molar-refractivity contribution is 0.242. The van der Waals surface area contributed by atoms with Gasteiger partial charge in [-0.3, -0.25) is 4.79 Å². The second-order valence-corrected chi connectivity index (χ2v) is 14.0. The molecule has 0 spiro atoms.